The smallest absolute Gasteiger partial charge is 0.255 e. The number of halogens is 2. The van der Waals surface area contributed by atoms with Crippen molar-refractivity contribution in [3.63, 3.8) is 0 Å². The van der Waals surface area contributed by atoms with Gasteiger partial charge in [-0.2, -0.15) is 0 Å². The number of hydrogen-bond donors (Lipinski definition) is 0. The monoisotopic (exact) mass is 427 g/mol. The van der Waals surface area contributed by atoms with Crippen LogP contribution in [0.4, 0.5) is 4.39 Å². The first-order valence-corrected chi connectivity index (χ1v) is 10.1. The zero-order valence-corrected chi connectivity index (χ0v) is 16.5. The number of imidazole rings is 1. The summed E-state index contributed by atoms with van der Waals surface area (Å²) >= 11 is 3.29. The van der Waals surface area contributed by atoms with Crippen LogP contribution in [0.1, 0.15) is 48.0 Å². The maximum absolute atomic E-state index is 14.4. The summed E-state index contributed by atoms with van der Waals surface area (Å²) in [5.74, 6) is 0.202. The summed E-state index contributed by atoms with van der Waals surface area (Å²) in [4.78, 5) is 19.5. The minimum absolute atomic E-state index is 0.0719. The predicted molar refractivity (Wildman–Crippen MR) is 105 cm³/mol. The Balaban J connectivity index is 1.63. The van der Waals surface area contributed by atoms with Crippen LogP contribution in [-0.2, 0) is 0 Å². The van der Waals surface area contributed by atoms with E-state index in [0.29, 0.717) is 33.3 Å². The molecule has 0 spiro atoms. The summed E-state index contributed by atoms with van der Waals surface area (Å²) in [5.41, 5.74) is 3.66. The summed E-state index contributed by atoms with van der Waals surface area (Å²) in [6.45, 7) is 2.89. The molecule has 1 aliphatic heterocycles. The maximum Gasteiger partial charge on any atom is 0.255 e. The van der Waals surface area contributed by atoms with Crippen molar-refractivity contribution in [2.24, 2.45) is 0 Å². The molecule has 1 aromatic carbocycles. The topological polar surface area (TPSA) is 37.6 Å². The molecule has 1 atom stereocenters. The number of fused-ring (bicyclic) bond motifs is 1. The Labute approximate surface area is 165 Å². The molecule has 0 bridgehead atoms. The van der Waals surface area contributed by atoms with Crippen LogP contribution in [0.5, 0.6) is 0 Å². The van der Waals surface area contributed by atoms with Gasteiger partial charge in [-0.3, -0.25) is 4.79 Å². The van der Waals surface area contributed by atoms with Gasteiger partial charge >= 0.3 is 0 Å². The quantitative estimate of drug-likeness (QED) is 0.588. The minimum atomic E-state index is -0.313. The van der Waals surface area contributed by atoms with Crippen molar-refractivity contribution in [3.05, 3.63) is 58.1 Å². The number of benzene rings is 1. The zero-order valence-electron chi connectivity index (χ0n) is 15.0. The molecule has 1 aliphatic carbocycles. The van der Waals surface area contributed by atoms with Gasteiger partial charge in [-0.05, 0) is 61.9 Å². The van der Waals surface area contributed by atoms with E-state index in [9.17, 15) is 9.18 Å². The predicted octanol–water partition coefficient (Wildman–Crippen LogP) is 5.01. The number of nitrogens with zero attached hydrogens (tertiary/aromatic N) is 3. The highest BCUT2D eigenvalue weighted by Crippen LogP contribution is 2.42. The summed E-state index contributed by atoms with van der Waals surface area (Å²) in [5, 5.41) is 0. The molecule has 6 heteroatoms. The van der Waals surface area contributed by atoms with Crippen molar-refractivity contribution in [2.75, 3.05) is 6.54 Å². The van der Waals surface area contributed by atoms with Gasteiger partial charge in [-0.1, -0.05) is 15.9 Å². The van der Waals surface area contributed by atoms with E-state index in [4.69, 9.17) is 4.98 Å². The number of carbonyl (C=O) groups is 1. The lowest BCUT2D eigenvalue weighted by molar-refractivity contribution is 0.0501. The average Bonchev–Trinajstić information content (AvgIpc) is 3.38. The second kappa shape index (κ2) is 6.16. The van der Waals surface area contributed by atoms with Gasteiger partial charge in [0.25, 0.3) is 5.91 Å². The van der Waals surface area contributed by atoms with Crippen molar-refractivity contribution >= 4 is 27.5 Å². The van der Waals surface area contributed by atoms with Crippen LogP contribution >= 0.6 is 15.9 Å². The van der Waals surface area contributed by atoms with Gasteiger partial charge in [0.05, 0.1) is 11.3 Å². The lowest BCUT2D eigenvalue weighted by Crippen LogP contribution is -2.49. The van der Waals surface area contributed by atoms with Gasteiger partial charge in [0.1, 0.15) is 11.5 Å². The molecule has 2 aliphatic rings. The Hall–Kier alpha value is -2.21. The van der Waals surface area contributed by atoms with Gasteiger partial charge in [-0.25, -0.2) is 9.37 Å². The number of amides is 1. The fourth-order valence-electron chi connectivity index (χ4n) is 3.75. The number of rotatable bonds is 3. The van der Waals surface area contributed by atoms with Crippen LogP contribution in [0.25, 0.3) is 16.9 Å². The number of carbonyl (C=O) groups excluding carboxylic acids is 1. The highest BCUT2D eigenvalue weighted by atomic mass is 79.9. The van der Waals surface area contributed by atoms with Gasteiger partial charge in [0, 0.05) is 35.0 Å². The first kappa shape index (κ1) is 16.9. The lowest BCUT2D eigenvalue weighted by Gasteiger charge is -2.38. The summed E-state index contributed by atoms with van der Waals surface area (Å²) in [6, 6.07) is 7.28. The molecule has 3 aromatic rings. The Kier molecular flexibility index (Phi) is 3.86. The second-order valence-corrected chi connectivity index (χ2v) is 8.49. The Morgan fingerprint density at radius 3 is 2.67 bits per heavy atom. The number of likely N-dealkylation sites (tertiary alicyclic amines) is 1. The molecule has 0 radical (unpaired) electrons. The number of aromatic nitrogens is 2. The molecule has 138 valence electrons. The average molecular weight is 428 g/mol. The number of hydrogen-bond acceptors (Lipinski definition) is 2. The Morgan fingerprint density at radius 2 is 2.04 bits per heavy atom. The highest BCUT2D eigenvalue weighted by molar-refractivity contribution is 9.10. The third-order valence-electron chi connectivity index (χ3n) is 5.63. The lowest BCUT2D eigenvalue weighted by atomic mass is 10.0. The summed E-state index contributed by atoms with van der Waals surface area (Å²) in [7, 11) is 0. The van der Waals surface area contributed by atoms with Gasteiger partial charge in [0.15, 0.2) is 0 Å². The van der Waals surface area contributed by atoms with Crippen LogP contribution in [0.2, 0.25) is 0 Å². The van der Waals surface area contributed by atoms with Crippen LogP contribution in [0.3, 0.4) is 0 Å². The molecule has 5 rings (SSSR count). The molecule has 1 amide bonds. The third kappa shape index (κ3) is 2.87. The van der Waals surface area contributed by atoms with Gasteiger partial charge in [-0.15, -0.1) is 0 Å². The molecule has 2 fully saturated rings. The molecule has 1 saturated carbocycles. The molecule has 27 heavy (non-hydrogen) atoms. The summed E-state index contributed by atoms with van der Waals surface area (Å²) < 4.78 is 17.0. The Bertz CT molecular complexity index is 1070. The van der Waals surface area contributed by atoms with Gasteiger partial charge in [0.2, 0.25) is 0 Å². The zero-order chi connectivity index (χ0) is 18.7. The normalized spacial score (nSPS) is 19.4. The van der Waals surface area contributed by atoms with Crippen LogP contribution in [0, 0.1) is 5.82 Å². The van der Waals surface area contributed by atoms with Crippen molar-refractivity contribution in [3.8, 4) is 11.3 Å². The van der Waals surface area contributed by atoms with E-state index < -0.39 is 0 Å². The van der Waals surface area contributed by atoms with E-state index in [1.165, 1.54) is 6.07 Å². The van der Waals surface area contributed by atoms with Gasteiger partial charge < -0.3 is 9.30 Å². The molecule has 0 N–H and O–H groups in total. The fraction of sp³-hybridized carbons (Fsp3) is 0.333. The minimum Gasteiger partial charge on any atom is -0.336 e. The molecule has 2 aromatic heterocycles. The van der Waals surface area contributed by atoms with Crippen molar-refractivity contribution in [2.45, 2.75) is 38.1 Å². The van der Waals surface area contributed by atoms with Crippen LogP contribution in [0.15, 0.2) is 41.1 Å². The van der Waals surface area contributed by atoms with Crippen molar-refractivity contribution in [1.82, 2.24) is 14.3 Å². The maximum atomic E-state index is 14.4. The van der Waals surface area contributed by atoms with E-state index in [1.54, 1.807) is 6.07 Å². The first-order valence-electron chi connectivity index (χ1n) is 9.30. The van der Waals surface area contributed by atoms with E-state index in [1.807, 2.05) is 33.8 Å². The van der Waals surface area contributed by atoms with E-state index >= 15 is 0 Å². The standard InChI is InChI=1S/C21H19BrFN3O/c1-12-6-7-26(12)21(27)14-8-17(13-2-3-13)20-24-19(11-25(20)10-14)16-5-4-15(22)9-18(16)23/h4-5,8-13H,2-3,6-7H2,1H3/t12-/m1/s1. The SMILES string of the molecule is C[C@@H]1CCN1C(=O)c1cc(C2CC2)c2nc(-c3ccc(Br)cc3F)cn2c1. The molecular weight excluding hydrogens is 409 g/mol. The highest BCUT2D eigenvalue weighted by Gasteiger charge is 2.32. The molecule has 1 saturated heterocycles. The van der Waals surface area contributed by atoms with E-state index in [-0.39, 0.29) is 11.7 Å². The molecule has 4 nitrogen and oxygen atoms in total. The fourth-order valence-corrected chi connectivity index (χ4v) is 4.08. The third-order valence-corrected chi connectivity index (χ3v) is 6.12. The molecule has 3 heterocycles. The molecule has 0 unspecified atom stereocenters. The summed E-state index contributed by atoms with van der Waals surface area (Å²) in [6.07, 6.45) is 6.94. The van der Waals surface area contributed by atoms with E-state index in [2.05, 4.69) is 22.9 Å². The second-order valence-electron chi connectivity index (χ2n) is 7.58. The van der Waals surface area contributed by atoms with Crippen molar-refractivity contribution < 1.29 is 9.18 Å². The Morgan fingerprint density at radius 1 is 1.22 bits per heavy atom. The van der Waals surface area contributed by atoms with E-state index in [0.717, 1.165) is 37.0 Å². The number of pyridine rings is 1. The van der Waals surface area contributed by atoms with Crippen LogP contribution < -0.4 is 0 Å². The first-order chi connectivity index (χ1) is 13.0. The molecular formula is C21H19BrFN3O. The van der Waals surface area contributed by atoms with Crippen LogP contribution in [-0.4, -0.2) is 32.8 Å². The van der Waals surface area contributed by atoms with Crippen molar-refractivity contribution in [1.29, 1.82) is 0 Å². The largest absolute Gasteiger partial charge is 0.336 e.